The van der Waals surface area contributed by atoms with Crippen LogP contribution in [0.3, 0.4) is 0 Å². The Morgan fingerprint density at radius 1 is 1.14 bits per heavy atom. The van der Waals surface area contributed by atoms with E-state index in [0.717, 1.165) is 0 Å². The van der Waals surface area contributed by atoms with Crippen molar-refractivity contribution in [3.63, 3.8) is 0 Å². The summed E-state index contributed by atoms with van der Waals surface area (Å²) in [4.78, 5) is 5.77. The minimum Gasteiger partial charge on any atom is -0.485 e. The highest BCUT2D eigenvalue weighted by atomic mass is 19.4. The molecular formula is C25H26F4N6O2. The summed E-state index contributed by atoms with van der Waals surface area (Å²) in [5.41, 5.74) is 6.55. The van der Waals surface area contributed by atoms with Crippen LogP contribution >= 0.6 is 0 Å². The zero-order chi connectivity index (χ0) is 26.3. The molecular weight excluding hydrogens is 492 g/mol. The van der Waals surface area contributed by atoms with E-state index in [0.29, 0.717) is 17.5 Å². The second-order valence-corrected chi connectivity index (χ2v) is 9.23. The number of halogens is 4. The molecule has 0 saturated carbocycles. The molecule has 2 N–H and O–H groups in total. The molecule has 5 rings (SSSR count). The fourth-order valence-electron chi connectivity index (χ4n) is 4.74. The van der Waals surface area contributed by atoms with Crippen molar-refractivity contribution in [2.24, 2.45) is 5.73 Å². The van der Waals surface area contributed by atoms with Crippen molar-refractivity contribution in [2.45, 2.75) is 37.7 Å². The van der Waals surface area contributed by atoms with Crippen LogP contribution in [0.15, 0.2) is 42.6 Å². The SMILES string of the molecule is COCC(C)Oc1ccc2ccc(-c3nnc4ccc([C@@H](N5CCC(N)C5)C(F)(F)F)cn34)nc2c1F. The van der Waals surface area contributed by atoms with E-state index < -0.39 is 18.0 Å². The Bertz CT molecular complexity index is 1430. The van der Waals surface area contributed by atoms with Crippen molar-refractivity contribution in [2.75, 3.05) is 26.8 Å². The molecule has 4 aromatic rings. The van der Waals surface area contributed by atoms with E-state index in [1.165, 1.54) is 40.8 Å². The summed E-state index contributed by atoms with van der Waals surface area (Å²) in [6.07, 6.45) is -3.03. The number of hydrogen-bond acceptors (Lipinski definition) is 7. The van der Waals surface area contributed by atoms with Crippen molar-refractivity contribution in [3.8, 4) is 17.3 Å². The number of aromatic nitrogens is 4. The van der Waals surface area contributed by atoms with Crippen LogP contribution in [0, 0.1) is 5.82 Å². The predicted molar refractivity (Wildman–Crippen MR) is 129 cm³/mol. The average molecular weight is 519 g/mol. The lowest BCUT2D eigenvalue weighted by atomic mass is 10.1. The lowest BCUT2D eigenvalue weighted by Gasteiger charge is -2.30. The van der Waals surface area contributed by atoms with E-state index in [4.69, 9.17) is 15.2 Å². The molecule has 0 bridgehead atoms. The number of ether oxygens (including phenoxy) is 2. The molecule has 3 aromatic heterocycles. The van der Waals surface area contributed by atoms with Crippen LogP contribution in [0.4, 0.5) is 17.6 Å². The molecule has 0 aliphatic carbocycles. The molecule has 1 saturated heterocycles. The van der Waals surface area contributed by atoms with Crippen LogP contribution in [0.5, 0.6) is 5.75 Å². The number of methoxy groups -OCH3 is 1. The Hall–Kier alpha value is -3.35. The minimum absolute atomic E-state index is 0.0203. The average Bonchev–Trinajstić information content (AvgIpc) is 3.46. The lowest BCUT2D eigenvalue weighted by molar-refractivity contribution is -0.183. The topological polar surface area (TPSA) is 90.8 Å². The normalized spacial score (nSPS) is 18.5. The van der Waals surface area contributed by atoms with Gasteiger partial charge in [0.1, 0.15) is 23.4 Å². The highest BCUT2D eigenvalue weighted by Crippen LogP contribution is 2.39. The first-order chi connectivity index (χ1) is 17.7. The van der Waals surface area contributed by atoms with Gasteiger partial charge in [-0.2, -0.15) is 13.2 Å². The molecule has 0 radical (unpaired) electrons. The van der Waals surface area contributed by atoms with Crippen molar-refractivity contribution in [3.05, 3.63) is 54.0 Å². The first-order valence-corrected chi connectivity index (χ1v) is 11.8. The van der Waals surface area contributed by atoms with E-state index in [9.17, 15) is 13.2 Å². The van der Waals surface area contributed by atoms with Crippen LogP contribution in [-0.4, -0.2) is 69.6 Å². The Kier molecular flexibility index (Phi) is 6.73. The largest absolute Gasteiger partial charge is 0.485 e. The van der Waals surface area contributed by atoms with Crippen LogP contribution in [0.25, 0.3) is 28.1 Å². The lowest BCUT2D eigenvalue weighted by Crippen LogP contribution is -2.38. The van der Waals surface area contributed by atoms with Gasteiger partial charge in [-0.05, 0) is 43.2 Å². The Balaban J connectivity index is 1.56. The number of nitrogens with zero attached hydrogens (tertiary/aromatic N) is 5. The molecule has 2 unspecified atom stereocenters. The quantitative estimate of drug-likeness (QED) is 0.368. The third-order valence-electron chi connectivity index (χ3n) is 6.40. The van der Waals surface area contributed by atoms with Crippen LogP contribution in [0.1, 0.15) is 24.9 Å². The van der Waals surface area contributed by atoms with Gasteiger partial charge in [0.2, 0.25) is 0 Å². The van der Waals surface area contributed by atoms with Crippen molar-refractivity contribution >= 4 is 16.6 Å². The van der Waals surface area contributed by atoms with E-state index in [2.05, 4.69) is 15.2 Å². The van der Waals surface area contributed by atoms with E-state index >= 15 is 4.39 Å². The van der Waals surface area contributed by atoms with E-state index in [1.54, 1.807) is 25.1 Å². The van der Waals surface area contributed by atoms with Gasteiger partial charge in [0, 0.05) is 37.8 Å². The summed E-state index contributed by atoms with van der Waals surface area (Å²) >= 11 is 0. The summed E-state index contributed by atoms with van der Waals surface area (Å²) in [5.74, 6) is -0.442. The van der Waals surface area contributed by atoms with Crippen LogP contribution in [0.2, 0.25) is 0 Å². The molecule has 4 heterocycles. The Morgan fingerprint density at radius 2 is 1.92 bits per heavy atom. The van der Waals surface area contributed by atoms with Crippen LogP contribution < -0.4 is 10.5 Å². The molecule has 12 heteroatoms. The summed E-state index contributed by atoms with van der Waals surface area (Å²) < 4.78 is 69.8. The fourth-order valence-corrected chi connectivity index (χ4v) is 4.74. The first-order valence-electron chi connectivity index (χ1n) is 11.8. The van der Waals surface area contributed by atoms with Gasteiger partial charge >= 0.3 is 6.18 Å². The van der Waals surface area contributed by atoms with Gasteiger partial charge < -0.3 is 15.2 Å². The molecule has 1 aliphatic heterocycles. The second kappa shape index (κ2) is 9.84. The number of likely N-dealkylation sites (tertiary alicyclic amines) is 1. The van der Waals surface area contributed by atoms with Crippen molar-refractivity contribution in [1.29, 1.82) is 0 Å². The molecule has 196 valence electrons. The number of alkyl halides is 3. The zero-order valence-corrected chi connectivity index (χ0v) is 20.2. The predicted octanol–water partition coefficient (Wildman–Crippen LogP) is 4.13. The zero-order valence-electron chi connectivity index (χ0n) is 20.2. The number of nitrogens with two attached hydrogens (primary N) is 1. The first kappa shape index (κ1) is 25.3. The maximum absolute atomic E-state index is 15.3. The van der Waals surface area contributed by atoms with Crippen molar-refractivity contribution in [1.82, 2.24) is 24.5 Å². The van der Waals surface area contributed by atoms with Gasteiger partial charge in [-0.25, -0.2) is 9.37 Å². The van der Waals surface area contributed by atoms with Gasteiger partial charge in [-0.3, -0.25) is 9.30 Å². The third kappa shape index (κ3) is 4.96. The monoisotopic (exact) mass is 518 g/mol. The maximum atomic E-state index is 15.3. The summed E-state index contributed by atoms with van der Waals surface area (Å²) in [6, 6.07) is 7.24. The van der Waals surface area contributed by atoms with E-state index in [-0.39, 0.29) is 60.2 Å². The molecule has 1 aromatic carbocycles. The Labute approximate surface area is 210 Å². The highest BCUT2D eigenvalue weighted by molar-refractivity contribution is 5.83. The molecule has 1 aliphatic rings. The molecule has 8 nitrogen and oxygen atoms in total. The molecule has 3 atom stereocenters. The van der Waals surface area contributed by atoms with Crippen LogP contribution in [-0.2, 0) is 4.74 Å². The minimum atomic E-state index is -4.51. The molecule has 37 heavy (non-hydrogen) atoms. The fraction of sp³-hybridized carbons (Fsp3) is 0.400. The molecule has 0 spiro atoms. The molecule has 0 amide bonds. The highest BCUT2D eigenvalue weighted by Gasteiger charge is 2.46. The van der Waals surface area contributed by atoms with Gasteiger partial charge in [0.05, 0.1) is 6.61 Å². The second-order valence-electron chi connectivity index (χ2n) is 9.23. The Morgan fingerprint density at radius 3 is 2.62 bits per heavy atom. The number of fused-ring (bicyclic) bond motifs is 2. The number of pyridine rings is 2. The summed E-state index contributed by atoms with van der Waals surface area (Å²) in [6.45, 7) is 2.43. The maximum Gasteiger partial charge on any atom is 0.408 e. The molecule has 1 fully saturated rings. The van der Waals surface area contributed by atoms with Gasteiger partial charge in [0.15, 0.2) is 23.0 Å². The number of rotatable bonds is 7. The summed E-state index contributed by atoms with van der Waals surface area (Å²) in [7, 11) is 1.52. The van der Waals surface area contributed by atoms with Gasteiger partial charge in [-0.15, -0.1) is 10.2 Å². The third-order valence-corrected chi connectivity index (χ3v) is 6.40. The summed E-state index contributed by atoms with van der Waals surface area (Å²) in [5, 5.41) is 8.74. The smallest absolute Gasteiger partial charge is 0.408 e. The number of hydrogen-bond donors (Lipinski definition) is 1. The number of benzene rings is 1. The van der Waals surface area contributed by atoms with E-state index in [1.807, 2.05) is 0 Å². The van der Waals surface area contributed by atoms with Crippen molar-refractivity contribution < 1.29 is 27.0 Å². The van der Waals surface area contributed by atoms with Gasteiger partial charge in [-0.1, -0.05) is 12.1 Å². The van der Waals surface area contributed by atoms with Gasteiger partial charge in [0.25, 0.3) is 0 Å². The standard InChI is InChI=1S/C25H26F4N6O2/c1-14(13-36-2)37-19-7-4-15-3-6-18(31-22(15)21(19)26)24-33-32-20-8-5-16(11-35(20)24)23(25(27,28)29)34-10-9-17(30)12-34/h3-8,11,14,17,23H,9-10,12-13,30H2,1-2H3/t14?,17?,23-/m1/s1.